The van der Waals surface area contributed by atoms with Crippen molar-refractivity contribution in [2.45, 2.75) is 13.5 Å². The highest BCUT2D eigenvalue weighted by atomic mass is 16.5. The molecule has 2 heterocycles. The number of piperazine rings is 1. The smallest absolute Gasteiger partial charge is 0.241 e. The van der Waals surface area contributed by atoms with Crippen molar-refractivity contribution in [2.24, 2.45) is 0 Å². The van der Waals surface area contributed by atoms with Crippen molar-refractivity contribution in [3.8, 4) is 11.4 Å². The first-order chi connectivity index (χ1) is 12.6. The predicted molar refractivity (Wildman–Crippen MR) is 99.4 cm³/mol. The van der Waals surface area contributed by atoms with Gasteiger partial charge in [-0.3, -0.25) is 14.6 Å². The van der Waals surface area contributed by atoms with E-state index in [4.69, 9.17) is 4.52 Å². The summed E-state index contributed by atoms with van der Waals surface area (Å²) in [6.07, 6.45) is 1.69. The van der Waals surface area contributed by atoms with Crippen molar-refractivity contribution < 1.29 is 9.32 Å². The molecule has 7 nitrogen and oxygen atoms in total. The minimum atomic E-state index is 0.0399. The molecule has 0 saturated carbocycles. The number of hydrogen-bond donors (Lipinski definition) is 1. The molecule has 1 fully saturated rings. The molecule has 0 spiro atoms. The maximum Gasteiger partial charge on any atom is 0.241 e. The van der Waals surface area contributed by atoms with Gasteiger partial charge in [-0.25, -0.2) is 0 Å². The first-order valence-electron chi connectivity index (χ1n) is 8.86. The molecule has 1 aromatic heterocycles. The van der Waals surface area contributed by atoms with E-state index in [1.54, 1.807) is 6.08 Å². The highest BCUT2D eigenvalue weighted by Gasteiger charge is 2.20. The Balaban J connectivity index is 1.48. The standard InChI is InChI=1S/C19H25N5O2/c1-3-7-20-17(25)13-23-8-10-24(11-9-23)14-18-21-19(22-26-18)16-6-4-5-15(2)12-16/h3-6,12H,1,7-11,13-14H2,2H3,(H,20,25). The van der Waals surface area contributed by atoms with Crippen LogP contribution in [-0.2, 0) is 11.3 Å². The molecule has 0 atom stereocenters. The molecule has 1 aliphatic rings. The number of aromatic nitrogens is 2. The van der Waals surface area contributed by atoms with Crippen molar-refractivity contribution in [3.05, 3.63) is 48.4 Å². The van der Waals surface area contributed by atoms with Crippen molar-refractivity contribution in [3.63, 3.8) is 0 Å². The van der Waals surface area contributed by atoms with Gasteiger partial charge in [-0.1, -0.05) is 35.0 Å². The summed E-state index contributed by atoms with van der Waals surface area (Å²) < 4.78 is 5.41. The molecule has 26 heavy (non-hydrogen) atoms. The van der Waals surface area contributed by atoms with E-state index in [1.165, 1.54) is 5.56 Å². The maximum absolute atomic E-state index is 11.8. The number of benzene rings is 1. The minimum Gasteiger partial charge on any atom is -0.352 e. The Morgan fingerprint density at radius 2 is 2.08 bits per heavy atom. The number of carbonyl (C=O) groups is 1. The molecular formula is C19H25N5O2. The molecule has 1 amide bonds. The lowest BCUT2D eigenvalue weighted by atomic mass is 10.1. The summed E-state index contributed by atoms with van der Waals surface area (Å²) in [6, 6.07) is 8.06. The highest BCUT2D eigenvalue weighted by Crippen LogP contribution is 2.17. The lowest BCUT2D eigenvalue weighted by Gasteiger charge is -2.33. The largest absolute Gasteiger partial charge is 0.352 e. The van der Waals surface area contributed by atoms with Crippen LogP contribution in [0.15, 0.2) is 41.4 Å². The normalized spacial score (nSPS) is 15.7. The van der Waals surface area contributed by atoms with E-state index in [0.717, 1.165) is 31.7 Å². The number of aryl methyl sites for hydroxylation is 1. The fourth-order valence-corrected chi connectivity index (χ4v) is 2.96. The molecule has 3 rings (SSSR count). The van der Waals surface area contributed by atoms with Gasteiger partial charge in [-0.2, -0.15) is 4.98 Å². The Morgan fingerprint density at radius 3 is 2.81 bits per heavy atom. The summed E-state index contributed by atoms with van der Waals surface area (Å²) in [4.78, 5) is 20.7. The molecule has 1 aliphatic heterocycles. The van der Waals surface area contributed by atoms with E-state index in [-0.39, 0.29) is 5.91 Å². The molecule has 2 aromatic rings. The van der Waals surface area contributed by atoms with E-state index in [1.807, 2.05) is 31.2 Å². The molecule has 7 heteroatoms. The Morgan fingerprint density at radius 1 is 1.31 bits per heavy atom. The van der Waals surface area contributed by atoms with E-state index in [9.17, 15) is 4.79 Å². The van der Waals surface area contributed by atoms with Crippen LogP contribution in [-0.4, -0.2) is 65.1 Å². The molecule has 0 unspecified atom stereocenters. The van der Waals surface area contributed by atoms with Crippen LogP contribution < -0.4 is 5.32 Å². The molecular weight excluding hydrogens is 330 g/mol. The van der Waals surface area contributed by atoms with Crippen LogP contribution in [0.1, 0.15) is 11.5 Å². The third kappa shape index (κ3) is 5.00. The summed E-state index contributed by atoms with van der Waals surface area (Å²) in [6.45, 7) is 10.7. The minimum absolute atomic E-state index is 0.0399. The average Bonchev–Trinajstić information content (AvgIpc) is 3.10. The van der Waals surface area contributed by atoms with Crippen molar-refractivity contribution in [1.82, 2.24) is 25.3 Å². The SMILES string of the molecule is C=CCNC(=O)CN1CCN(Cc2nc(-c3cccc(C)c3)no2)CC1. The topological polar surface area (TPSA) is 74.5 Å². The summed E-state index contributed by atoms with van der Waals surface area (Å²) in [7, 11) is 0. The Hall–Kier alpha value is -2.51. The van der Waals surface area contributed by atoms with Crippen LogP contribution in [0.25, 0.3) is 11.4 Å². The number of rotatable bonds is 7. The van der Waals surface area contributed by atoms with Crippen LogP contribution in [0.5, 0.6) is 0 Å². The van der Waals surface area contributed by atoms with E-state index < -0.39 is 0 Å². The average molecular weight is 355 g/mol. The molecule has 1 saturated heterocycles. The number of hydrogen-bond acceptors (Lipinski definition) is 6. The fraction of sp³-hybridized carbons (Fsp3) is 0.421. The second-order valence-electron chi connectivity index (χ2n) is 6.53. The zero-order valence-corrected chi connectivity index (χ0v) is 15.1. The van der Waals surface area contributed by atoms with Crippen LogP contribution in [0.2, 0.25) is 0 Å². The molecule has 0 radical (unpaired) electrons. The summed E-state index contributed by atoms with van der Waals surface area (Å²) in [5.41, 5.74) is 2.14. The zero-order valence-electron chi connectivity index (χ0n) is 15.1. The number of nitrogens with one attached hydrogen (secondary N) is 1. The number of nitrogens with zero attached hydrogens (tertiary/aromatic N) is 4. The van der Waals surface area contributed by atoms with E-state index >= 15 is 0 Å². The first kappa shape index (κ1) is 18.3. The predicted octanol–water partition coefficient (Wildman–Crippen LogP) is 1.46. The molecule has 138 valence electrons. The van der Waals surface area contributed by atoms with Gasteiger partial charge in [0.25, 0.3) is 0 Å². The van der Waals surface area contributed by atoms with Crippen molar-refractivity contribution in [1.29, 1.82) is 0 Å². The second kappa shape index (κ2) is 8.73. The van der Waals surface area contributed by atoms with Gasteiger partial charge in [0.2, 0.25) is 17.6 Å². The lowest BCUT2D eigenvalue weighted by Crippen LogP contribution is -2.49. The zero-order chi connectivity index (χ0) is 18.4. The van der Waals surface area contributed by atoms with Crippen molar-refractivity contribution >= 4 is 5.91 Å². The molecule has 0 bridgehead atoms. The van der Waals surface area contributed by atoms with Gasteiger partial charge in [-0.15, -0.1) is 6.58 Å². The van der Waals surface area contributed by atoms with Crippen LogP contribution >= 0.6 is 0 Å². The Bertz CT molecular complexity index is 750. The summed E-state index contributed by atoms with van der Waals surface area (Å²) in [5.74, 6) is 1.29. The number of amides is 1. The Labute approximate surface area is 153 Å². The quantitative estimate of drug-likeness (QED) is 0.758. The summed E-state index contributed by atoms with van der Waals surface area (Å²) in [5, 5.41) is 6.90. The first-order valence-corrected chi connectivity index (χ1v) is 8.86. The molecule has 1 N–H and O–H groups in total. The van der Waals surface area contributed by atoms with Crippen molar-refractivity contribution in [2.75, 3.05) is 39.3 Å². The number of carbonyl (C=O) groups excluding carboxylic acids is 1. The van der Waals surface area contributed by atoms with Gasteiger partial charge < -0.3 is 9.84 Å². The second-order valence-corrected chi connectivity index (χ2v) is 6.53. The van der Waals surface area contributed by atoms with Gasteiger partial charge in [0, 0.05) is 38.3 Å². The molecule has 1 aromatic carbocycles. The van der Waals surface area contributed by atoms with Crippen LogP contribution in [0.3, 0.4) is 0 Å². The highest BCUT2D eigenvalue weighted by molar-refractivity contribution is 5.78. The van der Waals surface area contributed by atoms with E-state index in [0.29, 0.717) is 31.3 Å². The van der Waals surface area contributed by atoms with Crippen LogP contribution in [0.4, 0.5) is 0 Å². The van der Waals surface area contributed by atoms with E-state index in [2.05, 4.69) is 31.8 Å². The van der Waals surface area contributed by atoms with Gasteiger partial charge in [0.05, 0.1) is 13.1 Å². The van der Waals surface area contributed by atoms with Gasteiger partial charge >= 0.3 is 0 Å². The van der Waals surface area contributed by atoms with Crippen LogP contribution in [0, 0.1) is 6.92 Å². The van der Waals surface area contributed by atoms with Gasteiger partial charge in [0.1, 0.15) is 0 Å². The summed E-state index contributed by atoms with van der Waals surface area (Å²) >= 11 is 0. The van der Waals surface area contributed by atoms with Gasteiger partial charge in [0.15, 0.2) is 0 Å². The Kier molecular flexibility index (Phi) is 6.14. The lowest BCUT2D eigenvalue weighted by molar-refractivity contribution is -0.122. The monoisotopic (exact) mass is 355 g/mol. The maximum atomic E-state index is 11.8. The molecule has 0 aliphatic carbocycles. The van der Waals surface area contributed by atoms with Gasteiger partial charge in [-0.05, 0) is 13.0 Å². The third-order valence-electron chi connectivity index (χ3n) is 4.38. The third-order valence-corrected chi connectivity index (χ3v) is 4.38. The fourth-order valence-electron chi connectivity index (χ4n) is 2.96.